The fourth-order valence-corrected chi connectivity index (χ4v) is 7.53. The first-order valence-electron chi connectivity index (χ1n) is 16.1. The molecule has 224 valence electrons. The number of hydrogen-bond donors (Lipinski definition) is 0. The summed E-state index contributed by atoms with van der Waals surface area (Å²) in [5, 5.41) is 7.73. The van der Waals surface area contributed by atoms with Gasteiger partial charge in [-0.05, 0) is 41.1 Å². The van der Waals surface area contributed by atoms with Crippen molar-refractivity contribution in [3.05, 3.63) is 168 Å². The van der Waals surface area contributed by atoms with Crippen LogP contribution in [0.2, 0.25) is 0 Å². The summed E-state index contributed by atoms with van der Waals surface area (Å²) >= 11 is 0. The van der Waals surface area contributed by atoms with E-state index in [1.807, 2.05) is 89.5 Å². The van der Waals surface area contributed by atoms with E-state index in [0.717, 1.165) is 76.7 Å². The lowest BCUT2D eigenvalue weighted by Crippen LogP contribution is -2.20. The van der Waals surface area contributed by atoms with Crippen LogP contribution >= 0.6 is 0 Å². The van der Waals surface area contributed by atoms with Gasteiger partial charge >= 0.3 is 0 Å². The third-order valence-electron chi connectivity index (χ3n) is 9.51. The molecular formula is C43H26N4O. The lowest BCUT2D eigenvalue weighted by molar-refractivity contribution is 1.01. The summed E-state index contributed by atoms with van der Waals surface area (Å²) < 4.78 is 3.97. The van der Waals surface area contributed by atoms with Crippen LogP contribution in [0.1, 0.15) is 0 Å². The number of fused-ring (bicyclic) bond motifs is 11. The zero-order chi connectivity index (χ0) is 31.8. The predicted molar refractivity (Wildman–Crippen MR) is 197 cm³/mol. The molecular weight excluding hydrogens is 589 g/mol. The fourth-order valence-electron chi connectivity index (χ4n) is 7.53. The number of para-hydroxylation sites is 4. The van der Waals surface area contributed by atoms with Gasteiger partial charge in [-0.25, -0.2) is 9.97 Å². The zero-order valence-corrected chi connectivity index (χ0v) is 25.7. The quantitative estimate of drug-likeness (QED) is 0.186. The molecule has 0 saturated heterocycles. The minimum absolute atomic E-state index is 0.0845. The molecule has 48 heavy (non-hydrogen) atoms. The van der Waals surface area contributed by atoms with E-state index in [-0.39, 0.29) is 5.56 Å². The molecule has 5 heteroatoms. The third-order valence-corrected chi connectivity index (χ3v) is 9.51. The second-order valence-electron chi connectivity index (χ2n) is 12.1. The highest BCUT2D eigenvalue weighted by atomic mass is 16.1. The minimum atomic E-state index is -0.0845. The molecule has 0 unspecified atom stereocenters. The summed E-state index contributed by atoms with van der Waals surface area (Å²) in [5.41, 5.74) is 6.03. The number of benzene rings is 7. The molecule has 3 aromatic heterocycles. The van der Waals surface area contributed by atoms with Crippen molar-refractivity contribution in [2.24, 2.45) is 0 Å². The van der Waals surface area contributed by atoms with Gasteiger partial charge in [-0.1, -0.05) is 127 Å². The van der Waals surface area contributed by atoms with Crippen LogP contribution in [0.3, 0.4) is 0 Å². The number of pyridine rings is 1. The second-order valence-corrected chi connectivity index (χ2v) is 12.1. The van der Waals surface area contributed by atoms with Crippen LogP contribution in [-0.4, -0.2) is 19.1 Å². The molecule has 0 aliphatic rings. The van der Waals surface area contributed by atoms with Crippen molar-refractivity contribution in [1.82, 2.24) is 19.1 Å². The molecule has 10 rings (SSSR count). The average Bonchev–Trinajstić information content (AvgIpc) is 3.50. The molecule has 5 nitrogen and oxygen atoms in total. The molecule has 0 spiro atoms. The highest BCUT2D eigenvalue weighted by Gasteiger charge is 2.25. The molecule has 10 aromatic rings. The summed E-state index contributed by atoms with van der Waals surface area (Å²) in [7, 11) is 0. The van der Waals surface area contributed by atoms with Crippen molar-refractivity contribution in [3.8, 4) is 22.9 Å². The molecule has 0 amide bonds. The largest absolute Gasteiger partial charge is 0.277 e. The minimum Gasteiger partial charge on any atom is -0.277 e. The van der Waals surface area contributed by atoms with Crippen molar-refractivity contribution >= 4 is 65.2 Å². The lowest BCUT2D eigenvalue weighted by Gasteiger charge is -2.17. The maximum Gasteiger partial charge on any atom is 0.265 e. The Balaban J connectivity index is 1.50. The Kier molecular flexibility index (Phi) is 5.66. The van der Waals surface area contributed by atoms with Gasteiger partial charge in [0, 0.05) is 38.2 Å². The molecule has 0 bridgehead atoms. The maximum atomic E-state index is 15.3. The zero-order valence-electron chi connectivity index (χ0n) is 25.7. The first-order valence-corrected chi connectivity index (χ1v) is 16.1. The monoisotopic (exact) mass is 614 g/mol. The summed E-state index contributed by atoms with van der Waals surface area (Å²) in [4.78, 5) is 25.8. The van der Waals surface area contributed by atoms with E-state index >= 15 is 4.79 Å². The summed E-state index contributed by atoms with van der Waals surface area (Å²) in [6.07, 6.45) is 0. The van der Waals surface area contributed by atoms with Crippen LogP contribution in [0.5, 0.6) is 0 Å². The smallest absolute Gasteiger partial charge is 0.265 e. The van der Waals surface area contributed by atoms with Crippen molar-refractivity contribution in [1.29, 1.82) is 0 Å². The van der Waals surface area contributed by atoms with Crippen LogP contribution < -0.4 is 5.56 Å². The maximum absolute atomic E-state index is 15.3. The SMILES string of the molecule is O=c1c2c(c3ccccc3c3c4ccccc4n(-c4nc(-c5ccccc5)c5ccccc5n4)c23)c2ccccc2n1-c1ccccc1. The van der Waals surface area contributed by atoms with E-state index < -0.39 is 0 Å². The molecule has 0 radical (unpaired) electrons. The van der Waals surface area contributed by atoms with Crippen LogP contribution in [0.15, 0.2) is 163 Å². The van der Waals surface area contributed by atoms with E-state index in [1.54, 1.807) is 0 Å². The van der Waals surface area contributed by atoms with E-state index in [4.69, 9.17) is 9.97 Å². The van der Waals surface area contributed by atoms with Gasteiger partial charge in [-0.15, -0.1) is 0 Å². The molecule has 7 aromatic carbocycles. The van der Waals surface area contributed by atoms with Gasteiger partial charge in [0.05, 0.1) is 33.1 Å². The van der Waals surface area contributed by atoms with Crippen LogP contribution in [0.4, 0.5) is 0 Å². The Hall–Kier alpha value is -6.59. The lowest BCUT2D eigenvalue weighted by atomic mass is 9.94. The van der Waals surface area contributed by atoms with Gasteiger partial charge in [0.25, 0.3) is 5.56 Å². The number of rotatable bonds is 3. The van der Waals surface area contributed by atoms with Gasteiger partial charge < -0.3 is 0 Å². The Morgan fingerprint density at radius 3 is 1.65 bits per heavy atom. The van der Waals surface area contributed by atoms with Crippen LogP contribution in [-0.2, 0) is 0 Å². The van der Waals surface area contributed by atoms with Gasteiger partial charge in [0.1, 0.15) is 0 Å². The van der Waals surface area contributed by atoms with E-state index in [9.17, 15) is 0 Å². The summed E-state index contributed by atoms with van der Waals surface area (Å²) in [6, 6.07) is 53.3. The summed E-state index contributed by atoms with van der Waals surface area (Å²) in [6.45, 7) is 0. The Bertz CT molecular complexity index is 2960. The van der Waals surface area contributed by atoms with E-state index in [2.05, 4.69) is 77.4 Å². The molecule has 0 aliphatic heterocycles. The molecule has 3 heterocycles. The Morgan fingerprint density at radius 2 is 0.938 bits per heavy atom. The molecule has 0 aliphatic carbocycles. The van der Waals surface area contributed by atoms with Crippen LogP contribution in [0, 0.1) is 0 Å². The first-order chi connectivity index (χ1) is 23.8. The topological polar surface area (TPSA) is 52.7 Å². The molecule has 0 atom stereocenters. The van der Waals surface area contributed by atoms with Gasteiger partial charge in [0.15, 0.2) is 0 Å². The molecule has 0 saturated carbocycles. The highest BCUT2D eigenvalue weighted by Crippen LogP contribution is 2.43. The van der Waals surface area contributed by atoms with Crippen molar-refractivity contribution < 1.29 is 0 Å². The standard InChI is InChI=1S/C43H26N4O/c48-42-39-37(32-22-10-13-25-35(32)46(42)28-17-5-2-6-18-28)29-19-7-8-20-30(29)38-33-23-11-14-26-36(33)47(41(38)39)43-44-34-24-12-9-21-31(34)40(45-43)27-15-3-1-4-16-27/h1-26H. The number of hydrogen-bond acceptors (Lipinski definition) is 3. The first kappa shape index (κ1) is 26.6. The van der Waals surface area contributed by atoms with E-state index in [0.29, 0.717) is 11.3 Å². The number of nitrogens with zero attached hydrogens (tertiary/aromatic N) is 4. The van der Waals surface area contributed by atoms with Crippen molar-refractivity contribution in [2.45, 2.75) is 0 Å². The molecule has 0 N–H and O–H groups in total. The third kappa shape index (κ3) is 3.70. The van der Waals surface area contributed by atoms with Gasteiger partial charge in [0.2, 0.25) is 5.95 Å². The van der Waals surface area contributed by atoms with Crippen molar-refractivity contribution in [2.75, 3.05) is 0 Å². The summed E-state index contributed by atoms with van der Waals surface area (Å²) in [5.74, 6) is 0.522. The number of aromatic nitrogens is 4. The molecule has 0 fully saturated rings. The average molecular weight is 615 g/mol. The Labute approximate surface area is 274 Å². The fraction of sp³-hybridized carbons (Fsp3) is 0. The van der Waals surface area contributed by atoms with E-state index in [1.165, 1.54) is 0 Å². The van der Waals surface area contributed by atoms with Crippen LogP contribution in [0.25, 0.3) is 88.0 Å². The van der Waals surface area contributed by atoms with Crippen molar-refractivity contribution in [3.63, 3.8) is 0 Å². The van der Waals surface area contributed by atoms with Gasteiger partial charge in [-0.3, -0.25) is 13.9 Å². The predicted octanol–water partition coefficient (Wildman–Crippen LogP) is 10.0. The van der Waals surface area contributed by atoms with Gasteiger partial charge in [-0.2, -0.15) is 0 Å². The second kappa shape index (κ2) is 10.2. The Morgan fingerprint density at radius 1 is 0.417 bits per heavy atom. The highest BCUT2D eigenvalue weighted by molar-refractivity contribution is 6.35. The normalized spacial score (nSPS) is 11.8.